The summed E-state index contributed by atoms with van der Waals surface area (Å²) in [4.78, 5) is 11.2. The van der Waals surface area contributed by atoms with Gasteiger partial charge in [-0.25, -0.2) is 13.1 Å². The largest absolute Gasteiger partial charge is 0.355 e. The van der Waals surface area contributed by atoms with Crippen molar-refractivity contribution in [3.8, 4) is 6.07 Å². The van der Waals surface area contributed by atoms with E-state index in [1.54, 1.807) is 12.1 Å². The van der Waals surface area contributed by atoms with Gasteiger partial charge in [-0.05, 0) is 24.1 Å². The van der Waals surface area contributed by atoms with Gasteiger partial charge in [0.1, 0.15) is 0 Å². The Morgan fingerprint density at radius 2 is 2.05 bits per heavy atom. The van der Waals surface area contributed by atoms with Gasteiger partial charge in [0.15, 0.2) is 0 Å². The summed E-state index contributed by atoms with van der Waals surface area (Å²) in [7, 11) is -3.59. The Bertz CT molecular complexity index is 622. The molecule has 1 atom stereocenters. The van der Waals surface area contributed by atoms with Gasteiger partial charge in [-0.1, -0.05) is 12.1 Å². The number of carbonyl (C=O) groups excluding carboxylic acids is 1. The summed E-state index contributed by atoms with van der Waals surface area (Å²) in [5.74, 6) is -0.0543. The predicted octanol–water partition coefficient (Wildman–Crippen LogP) is 0.310. The second-order valence-electron chi connectivity index (χ2n) is 4.64. The number of hydrogen-bond acceptors (Lipinski definition) is 4. The first-order valence-electron chi connectivity index (χ1n) is 6.26. The topological polar surface area (TPSA) is 99.1 Å². The van der Waals surface area contributed by atoms with Crippen LogP contribution in [0.2, 0.25) is 0 Å². The van der Waals surface area contributed by atoms with Crippen LogP contribution < -0.4 is 10.0 Å². The highest BCUT2D eigenvalue weighted by molar-refractivity contribution is 7.89. The molecule has 0 bridgehead atoms. The number of nitrogens with one attached hydrogen (secondary N) is 2. The molecule has 1 amide bonds. The SMILES string of the molecule is N#CCc1ccc(S(=O)(=O)NC2CCC(=O)NC2)cc1. The normalized spacial score (nSPS) is 19.1. The molecule has 0 aliphatic carbocycles. The summed E-state index contributed by atoms with van der Waals surface area (Å²) < 4.78 is 26.9. The molecule has 2 rings (SSSR count). The third-order valence-electron chi connectivity index (χ3n) is 3.10. The van der Waals surface area contributed by atoms with E-state index in [9.17, 15) is 13.2 Å². The number of nitriles is 1. The number of sulfonamides is 1. The average Bonchev–Trinajstić information content (AvgIpc) is 2.42. The first kappa shape index (κ1) is 14.5. The molecule has 1 aromatic rings. The fraction of sp³-hybridized carbons (Fsp3) is 0.385. The van der Waals surface area contributed by atoms with Crippen LogP contribution in [0.4, 0.5) is 0 Å². The molecular formula is C13H15N3O3S. The Kier molecular flexibility index (Phi) is 4.37. The highest BCUT2D eigenvalue weighted by Crippen LogP contribution is 2.13. The van der Waals surface area contributed by atoms with Crippen LogP contribution in [0, 0.1) is 11.3 Å². The van der Waals surface area contributed by atoms with Crippen LogP contribution in [0.5, 0.6) is 0 Å². The van der Waals surface area contributed by atoms with E-state index in [-0.39, 0.29) is 23.3 Å². The Hall–Kier alpha value is -1.91. The molecule has 0 saturated carbocycles. The molecule has 1 saturated heterocycles. The minimum absolute atomic E-state index is 0.0543. The Morgan fingerprint density at radius 3 is 2.60 bits per heavy atom. The standard InChI is InChI=1S/C13H15N3O3S/c14-8-7-10-1-4-12(5-2-10)20(18,19)16-11-3-6-13(17)15-9-11/h1-2,4-5,11,16H,3,6-7,9H2,(H,15,17). The maximum atomic E-state index is 12.2. The van der Waals surface area contributed by atoms with Gasteiger partial charge >= 0.3 is 0 Å². The maximum Gasteiger partial charge on any atom is 0.240 e. The molecule has 1 fully saturated rings. The van der Waals surface area contributed by atoms with Gasteiger partial charge in [-0.3, -0.25) is 4.79 Å². The molecule has 1 heterocycles. The molecule has 106 valence electrons. The minimum atomic E-state index is -3.59. The first-order chi connectivity index (χ1) is 9.51. The number of rotatable bonds is 4. The molecule has 0 aromatic heterocycles. The van der Waals surface area contributed by atoms with Crippen molar-refractivity contribution in [3.05, 3.63) is 29.8 Å². The molecule has 1 unspecified atom stereocenters. The molecule has 20 heavy (non-hydrogen) atoms. The number of benzene rings is 1. The van der Waals surface area contributed by atoms with Crippen molar-refractivity contribution in [1.29, 1.82) is 5.26 Å². The van der Waals surface area contributed by atoms with Crippen LogP contribution in [0.25, 0.3) is 0 Å². The third-order valence-corrected chi connectivity index (χ3v) is 4.64. The van der Waals surface area contributed by atoms with Crippen LogP contribution in [0.3, 0.4) is 0 Å². The predicted molar refractivity (Wildman–Crippen MR) is 72.1 cm³/mol. The van der Waals surface area contributed by atoms with Crippen LogP contribution in [0.1, 0.15) is 18.4 Å². The molecule has 1 aliphatic rings. The zero-order valence-electron chi connectivity index (χ0n) is 10.8. The summed E-state index contributed by atoms with van der Waals surface area (Å²) in [5.41, 5.74) is 0.774. The van der Waals surface area contributed by atoms with Crippen molar-refractivity contribution < 1.29 is 13.2 Å². The summed E-state index contributed by atoms with van der Waals surface area (Å²) in [6, 6.07) is 7.94. The van der Waals surface area contributed by atoms with E-state index >= 15 is 0 Å². The van der Waals surface area contributed by atoms with Crippen LogP contribution in [-0.4, -0.2) is 26.9 Å². The number of amides is 1. The van der Waals surface area contributed by atoms with Crippen LogP contribution in [0.15, 0.2) is 29.2 Å². The van der Waals surface area contributed by atoms with Crippen molar-refractivity contribution in [2.24, 2.45) is 0 Å². The molecule has 6 nitrogen and oxygen atoms in total. The number of hydrogen-bond donors (Lipinski definition) is 2. The van der Waals surface area contributed by atoms with Crippen molar-refractivity contribution >= 4 is 15.9 Å². The zero-order valence-corrected chi connectivity index (χ0v) is 11.6. The summed E-state index contributed by atoms with van der Waals surface area (Å²) >= 11 is 0. The van der Waals surface area contributed by atoms with E-state index in [4.69, 9.17) is 5.26 Å². The first-order valence-corrected chi connectivity index (χ1v) is 7.74. The fourth-order valence-electron chi connectivity index (χ4n) is 2.00. The van der Waals surface area contributed by atoms with Gasteiger partial charge in [0.05, 0.1) is 17.4 Å². The zero-order chi connectivity index (χ0) is 14.6. The van der Waals surface area contributed by atoms with Gasteiger partial charge in [0.25, 0.3) is 0 Å². The Balaban J connectivity index is 2.06. The lowest BCUT2D eigenvalue weighted by atomic mass is 10.1. The van der Waals surface area contributed by atoms with Gasteiger partial charge in [-0.2, -0.15) is 5.26 Å². The van der Waals surface area contributed by atoms with E-state index in [2.05, 4.69) is 10.0 Å². The van der Waals surface area contributed by atoms with E-state index < -0.39 is 10.0 Å². The number of piperidine rings is 1. The minimum Gasteiger partial charge on any atom is -0.355 e. The van der Waals surface area contributed by atoms with E-state index in [0.717, 1.165) is 5.56 Å². The van der Waals surface area contributed by atoms with Crippen LogP contribution >= 0.6 is 0 Å². The Labute approximate surface area is 117 Å². The molecule has 0 spiro atoms. The van der Waals surface area contributed by atoms with Gasteiger partial charge in [0.2, 0.25) is 15.9 Å². The van der Waals surface area contributed by atoms with Crippen molar-refractivity contribution in [1.82, 2.24) is 10.0 Å². The number of nitrogens with zero attached hydrogens (tertiary/aromatic N) is 1. The van der Waals surface area contributed by atoms with Crippen molar-refractivity contribution in [2.75, 3.05) is 6.54 Å². The molecule has 0 radical (unpaired) electrons. The highest BCUT2D eigenvalue weighted by Gasteiger charge is 2.23. The summed E-state index contributed by atoms with van der Waals surface area (Å²) in [5, 5.41) is 11.2. The van der Waals surface area contributed by atoms with E-state index in [0.29, 0.717) is 19.4 Å². The molecule has 2 N–H and O–H groups in total. The monoisotopic (exact) mass is 293 g/mol. The highest BCUT2D eigenvalue weighted by atomic mass is 32.2. The summed E-state index contributed by atoms with van der Waals surface area (Å²) in [6.07, 6.45) is 1.08. The van der Waals surface area contributed by atoms with E-state index in [1.807, 2.05) is 6.07 Å². The van der Waals surface area contributed by atoms with Crippen molar-refractivity contribution in [3.63, 3.8) is 0 Å². The van der Waals surface area contributed by atoms with Crippen molar-refractivity contribution in [2.45, 2.75) is 30.2 Å². The number of carbonyl (C=O) groups is 1. The third kappa shape index (κ3) is 3.56. The lowest BCUT2D eigenvalue weighted by Crippen LogP contribution is -2.47. The smallest absolute Gasteiger partial charge is 0.240 e. The molecule has 1 aliphatic heterocycles. The Morgan fingerprint density at radius 1 is 1.35 bits per heavy atom. The second kappa shape index (κ2) is 6.03. The lowest BCUT2D eigenvalue weighted by molar-refractivity contribution is -0.122. The lowest BCUT2D eigenvalue weighted by Gasteiger charge is -2.23. The average molecular weight is 293 g/mol. The maximum absolute atomic E-state index is 12.2. The second-order valence-corrected chi connectivity index (χ2v) is 6.35. The van der Waals surface area contributed by atoms with Gasteiger partial charge in [-0.15, -0.1) is 0 Å². The molecule has 7 heteroatoms. The quantitative estimate of drug-likeness (QED) is 0.834. The summed E-state index contributed by atoms with van der Waals surface area (Å²) in [6.45, 7) is 0.310. The molecular weight excluding hydrogens is 278 g/mol. The fourth-order valence-corrected chi connectivity index (χ4v) is 3.27. The van der Waals surface area contributed by atoms with Gasteiger partial charge in [0, 0.05) is 19.0 Å². The van der Waals surface area contributed by atoms with Crippen LogP contribution in [-0.2, 0) is 21.2 Å². The van der Waals surface area contributed by atoms with E-state index in [1.165, 1.54) is 12.1 Å². The molecule has 1 aromatic carbocycles. The van der Waals surface area contributed by atoms with Gasteiger partial charge < -0.3 is 5.32 Å².